The number of hydrogen-bond acceptors (Lipinski definition) is 2. The van der Waals surface area contributed by atoms with Crippen LogP contribution in [0.1, 0.15) is 31.0 Å². The molecule has 0 amide bonds. The Hall–Kier alpha value is -1.78. The molecule has 1 aliphatic heterocycles. The van der Waals surface area contributed by atoms with Crippen molar-refractivity contribution in [2.24, 2.45) is 0 Å². The first-order chi connectivity index (χ1) is 10.9. The SMILES string of the molecule is CC1(C)CN(C(c2ccc(F)cc2)c2ccc(F)cc2)CCN1. The third-order valence-electron chi connectivity index (χ3n) is 4.34. The predicted molar refractivity (Wildman–Crippen MR) is 88.3 cm³/mol. The maximum atomic E-state index is 13.3. The van der Waals surface area contributed by atoms with Gasteiger partial charge in [-0.1, -0.05) is 24.3 Å². The van der Waals surface area contributed by atoms with Gasteiger partial charge in [0.1, 0.15) is 11.6 Å². The number of hydrogen-bond donors (Lipinski definition) is 1. The van der Waals surface area contributed by atoms with Gasteiger partial charge in [-0.25, -0.2) is 8.78 Å². The van der Waals surface area contributed by atoms with Gasteiger partial charge in [-0.2, -0.15) is 0 Å². The van der Waals surface area contributed by atoms with Gasteiger partial charge >= 0.3 is 0 Å². The van der Waals surface area contributed by atoms with Crippen LogP contribution in [-0.4, -0.2) is 30.1 Å². The summed E-state index contributed by atoms with van der Waals surface area (Å²) in [5.41, 5.74) is 2.06. The average molecular weight is 316 g/mol. The summed E-state index contributed by atoms with van der Waals surface area (Å²) in [5.74, 6) is -0.487. The number of piperazine rings is 1. The van der Waals surface area contributed by atoms with Crippen LogP contribution in [0.25, 0.3) is 0 Å². The van der Waals surface area contributed by atoms with Crippen molar-refractivity contribution in [1.29, 1.82) is 0 Å². The van der Waals surface area contributed by atoms with Crippen molar-refractivity contribution in [3.63, 3.8) is 0 Å². The molecule has 1 aliphatic rings. The molecule has 0 aliphatic carbocycles. The molecule has 1 fully saturated rings. The molecule has 2 nitrogen and oxygen atoms in total. The first-order valence-electron chi connectivity index (χ1n) is 7.95. The Morgan fingerprint density at radius 1 is 0.913 bits per heavy atom. The van der Waals surface area contributed by atoms with Crippen molar-refractivity contribution >= 4 is 0 Å². The summed E-state index contributed by atoms with van der Waals surface area (Å²) >= 11 is 0. The summed E-state index contributed by atoms with van der Waals surface area (Å²) in [6.45, 7) is 7.00. The predicted octanol–water partition coefficient (Wildman–Crippen LogP) is 3.74. The molecule has 1 N–H and O–H groups in total. The van der Waals surface area contributed by atoms with Gasteiger partial charge in [0, 0.05) is 25.2 Å². The molecule has 1 saturated heterocycles. The molecule has 0 bridgehead atoms. The molecule has 3 rings (SSSR count). The van der Waals surface area contributed by atoms with Crippen molar-refractivity contribution in [3.05, 3.63) is 71.3 Å². The average Bonchev–Trinajstić information content (AvgIpc) is 2.50. The fraction of sp³-hybridized carbons (Fsp3) is 0.368. The first-order valence-corrected chi connectivity index (χ1v) is 7.95. The lowest BCUT2D eigenvalue weighted by molar-refractivity contribution is 0.125. The molecule has 0 aromatic heterocycles. The molecule has 0 unspecified atom stereocenters. The maximum absolute atomic E-state index is 13.3. The minimum Gasteiger partial charge on any atom is -0.309 e. The summed E-state index contributed by atoms with van der Waals surface area (Å²) in [7, 11) is 0. The topological polar surface area (TPSA) is 15.3 Å². The monoisotopic (exact) mass is 316 g/mol. The Morgan fingerprint density at radius 3 is 1.83 bits per heavy atom. The van der Waals surface area contributed by atoms with E-state index in [-0.39, 0.29) is 23.2 Å². The van der Waals surface area contributed by atoms with Crippen LogP contribution in [0, 0.1) is 11.6 Å². The quantitative estimate of drug-likeness (QED) is 0.928. The number of nitrogens with zero attached hydrogens (tertiary/aromatic N) is 1. The number of rotatable bonds is 3. The zero-order chi connectivity index (χ0) is 16.4. The molecule has 0 saturated carbocycles. The molecule has 2 aromatic rings. The molecule has 2 aromatic carbocycles. The molecule has 1 heterocycles. The Bertz CT molecular complexity index is 605. The van der Waals surface area contributed by atoms with Crippen molar-refractivity contribution in [1.82, 2.24) is 10.2 Å². The van der Waals surface area contributed by atoms with E-state index in [0.29, 0.717) is 0 Å². The van der Waals surface area contributed by atoms with Crippen molar-refractivity contribution in [3.8, 4) is 0 Å². The lowest BCUT2D eigenvalue weighted by Gasteiger charge is -2.43. The molecule has 0 atom stereocenters. The van der Waals surface area contributed by atoms with Gasteiger partial charge in [-0.15, -0.1) is 0 Å². The van der Waals surface area contributed by atoms with Gasteiger partial charge in [0.05, 0.1) is 6.04 Å². The van der Waals surface area contributed by atoms with Gasteiger partial charge in [-0.05, 0) is 49.2 Å². The zero-order valence-electron chi connectivity index (χ0n) is 13.5. The van der Waals surface area contributed by atoms with Gasteiger partial charge in [-0.3, -0.25) is 4.90 Å². The number of benzene rings is 2. The molecule has 0 radical (unpaired) electrons. The van der Waals surface area contributed by atoms with Crippen LogP contribution in [0.5, 0.6) is 0 Å². The second-order valence-electron chi connectivity index (χ2n) is 6.79. The highest BCUT2D eigenvalue weighted by molar-refractivity contribution is 5.32. The summed E-state index contributed by atoms with van der Waals surface area (Å²) in [6.07, 6.45) is 0. The Balaban J connectivity index is 1.99. The van der Waals surface area contributed by atoms with Crippen molar-refractivity contribution in [2.45, 2.75) is 25.4 Å². The number of nitrogens with one attached hydrogen (secondary N) is 1. The maximum Gasteiger partial charge on any atom is 0.123 e. The summed E-state index contributed by atoms with van der Waals surface area (Å²) < 4.78 is 26.6. The molecule has 4 heteroatoms. The Labute approximate surface area is 136 Å². The summed E-state index contributed by atoms with van der Waals surface area (Å²) in [4.78, 5) is 2.37. The number of halogens is 2. The molecular formula is C19H22F2N2. The second kappa shape index (κ2) is 6.38. The van der Waals surface area contributed by atoms with Crippen molar-refractivity contribution in [2.75, 3.05) is 19.6 Å². The lowest BCUT2D eigenvalue weighted by Crippen LogP contribution is -2.57. The Morgan fingerprint density at radius 2 is 1.39 bits per heavy atom. The Kier molecular flexibility index (Phi) is 4.46. The molecule has 122 valence electrons. The van der Waals surface area contributed by atoms with Gasteiger partial charge in [0.15, 0.2) is 0 Å². The standard InChI is InChI=1S/C19H22F2N2/c1-19(2)13-23(12-11-22-19)18(14-3-7-16(20)8-4-14)15-5-9-17(21)10-6-15/h3-10,18,22H,11-13H2,1-2H3. The normalized spacial score (nSPS) is 18.3. The fourth-order valence-corrected chi connectivity index (χ4v) is 3.31. The van der Waals surface area contributed by atoms with Crippen molar-refractivity contribution < 1.29 is 8.78 Å². The molecular weight excluding hydrogens is 294 g/mol. The van der Waals surface area contributed by atoms with E-state index in [2.05, 4.69) is 24.1 Å². The highest BCUT2D eigenvalue weighted by atomic mass is 19.1. The summed E-state index contributed by atoms with van der Waals surface area (Å²) in [5, 5.41) is 3.50. The van der Waals surface area contributed by atoms with E-state index in [1.807, 2.05) is 24.3 Å². The highest BCUT2D eigenvalue weighted by Crippen LogP contribution is 2.31. The van der Waals surface area contributed by atoms with E-state index < -0.39 is 0 Å². The zero-order valence-corrected chi connectivity index (χ0v) is 13.5. The largest absolute Gasteiger partial charge is 0.309 e. The van der Waals surface area contributed by atoms with Crippen LogP contribution >= 0.6 is 0 Å². The van der Waals surface area contributed by atoms with E-state index in [0.717, 1.165) is 30.8 Å². The molecule has 23 heavy (non-hydrogen) atoms. The van der Waals surface area contributed by atoms with Crippen LogP contribution in [0.2, 0.25) is 0 Å². The van der Waals surface area contributed by atoms with E-state index in [9.17, 15) is 8.78 Å². The smallest absolute Gasteiger partial charge is 0.123 e. The van der Waals surface area contributed by atoms with E-state index >= 15 is 0 Å². The van der Waals surface area contributed by atoms with Gasteiger partial charge in [0.2, 0.25) is 0 Å². The van der Waals surface area contributed by atoms with Crippen LogP contribution in [0.4, 0.5) is 8.78 Å². The first kappa shape index (κ1) is 16.1. The van der Waals surface area contributed by atoms with E-state index in [1.54, 1.807) is 0 Å². The van der Waals surface area contributed by atoms with Crippen LogP contribution in [0.3, 0.4) is 0 Å². The van der Waals surface area contributed by atoms with Crippen LogP contribution in [0.15, 0.2) is 48.5 Å². The van der Waals surface area contributed by atoms with Gasteiger partial charge in [0.25, 0.3) is 0 Å². The third kappa shape index (κ3) is 3.77. The fourth-order valence-electron chi connectivity index (χ4n) is 3.31. The highest BCUT2D eigenvalue weighted by Gasteiger charge is 2.31. The summed E-state index contributed by atoms with van der Waals surface area (Å²) in [6, 6.07) is 13.2. The minimum atomic E-state index is -0.243. The van der Waals surface area contributed by atoms with Gasteiger partial charge < -0.3 is 5.32 Å². The second-order valence-corrected chi connectivity index (χ2v) is 6.79. The lowest BCUT2D eigenvalue weighted by atomic mass is 9.93. The molecule has 0 spiro atoms. The van der Waals surface area contributed by atoms with Crippen LogP contribution in [-0.2, 0) is 0 Å². The third-order valence-corrected chi connectivity index (χ3v) is 4.34. The van der Waals surface area contributed by atoms with E-state index in [1.165, 1.54) is 24.3 Å². The van der Waals surface area contributed by atoms with E-state index in [4.69, 9.17) is 0 Å². The van der Waals surface area contributed by atoms with Crippen LogP contribution < -0.4 is 5.32 Å². The minimum absolute atomic E-state index is 0.00225.